The van der Waals surface area contributed by atoms with Gasteiger partial charge in [-0.05, 0) is 54.4 Å². The largest absolute Gasteiger partial charge is 0.394 e. The number of aromatic nitrogens is 2. The summed E-state index contributed by atoms with van der Waals surface area (Å²) in [5.74, 6) is 5.71. The van der Waals surface area contributed by atoms with E-state index in [9.17, 15) is 17.9 Å². The van der Waals surface area contributed by atoms with E-state index >= 15 is 0 Å². The van der Waals surface area contributed by atoms with Crippen molar-refractivity contribution in [3.63, 3.8) is 0 Å². The minimum atomic E-state index is -3.81. The van der Waals surface area contributed by atoms with Gasteiger partial charge >= 0.3 is 0 Å². The highest BCUT2D eigenvalue weighted by Crippen LogP contribution is 2.48. The Morgan fingerprint density at radius 2 is 1.91 bits per heavy atom. The molecule has 2 N–H and O–H groups in total. The molecular formula is C24H23FN4O3S. The summed E-state index contributed by atoms with van der Waals surface area (Å²) in [7, 11) is -2.09. The Balaban J connectivity index is 1.55. The fourth-order valence-electron chi connectivity index (χ4n) is 4.69. The van der Waals surface area contributed by atoms with Gasteiger partial charge in [0, 0.05) is 42.5 Å². The average molecular weight is 467 g/mol. The van der Waals surface area contributed by atoms with Crippen LogP contribution < -0.4 is 5.32 Å². The normalized spacial score (nSPS) is 22.1. The molecule has 1 aromatic heterocycles. The maximum absolute atomic E-state index is 13.4. The zero-order valence-electron chi connectivity index (χ0n) is 17.9. The second-order valence-electron chi connectivity index (χ2n) is 8.38. The van der Waals surface area contributed by atoms with Gasteiger partial charge in [0.1, 0.15) is 5.82 Å². The van der Waals surface area contributed by atoms with Crippen molar-refractivity contribution in [1.29, 1.82) is 0 Å². The predicted octanol–water partition coefficient (Wildman–Crippen LogP) is 2.50. The standard InChI is InChI=1S/C24H23FN4O3S/c1-28-13-23(26-15-28)33(31,32)29-11-10-19-22(14-30)27-21-9-6-17(12-20(21)24(19)29)3-2-16-4-7-18(25)8-5-16/h4-9,12-13,15,19,22,24,27,30H,10-11,14H2,1H3/t19-,22-,24-/m1/s1. The molecule has 3 heterocycles. The molecule has 9 heteroatoms. The van der Waals surface area contributed by atoms with Gasteiger partial charge in [-0.3, -0.25) is 0 Å². The number of halogens is 1. The number of anilines is 1. The van der Waals surface area contributed by atoms with E-state index in [2.05, 4.69) is 22.1 Å². The van der Waals surface area contributed by atoms with Crippen molar-refractivity contribution in [3.05, 3.63) is 77.5 Å². The third kappa shape index (κ3) is 3.91. The molecule has 2 aliphatic rings. The van der Waals surface area contributed by atoms with E-state index in [1.165, 1.54) is 29.0 Å². The van der Waals surface area contributed by atoms with Crippen LogP contribution >= 0.6 is 0 Å². The van der Waals surface area contributed by atoms with E-state index in [0.29, 0.717) is 18.5 Å². The second kappa shape index (κ2) is 8.30. The summed E-state index contributed by atoms with van der Waals surface area (Å²) in [6.45, 7) is 0.252. The Labute approximate surface area is 191 Å². The Kier molecular flexibility index (Phi) is 5.44. The van der Waals surface area contributed by atoms with E-state index in [4.69, 9.17) is 0 Å². The molecular weight excluding hydrogens is 443 g/mol. The Morgan fingerprint density at radius 1 is 1.18 bits per heavy atom. The van der Waals surface area contributed by atoms with Gasteiger partial charge < -0.3 is 15.0 Å². The maximum Gasteiger partial charge on any atom is 0.262 e. The third-order valence-corrected chi connectivity index (χ3v) is 8.04. The summed E-state index contributed by atoms with van der Waals surface area (Å²) in [6.07, 6.45) is 3.59. The van der Waals surface area contributed by atoms with Crippen LogP contribution in [-0.2, 0) is 17.1 Å². The van der Waals surface area contributed by atoms with Crippen molar-refractivity contribution in [2.45, 2.75) is 23.5 Å². The van der Waals surface area contributed by atoms with Crippen LogP contribution in [0.3, 0.4) is 0 Å². The van der Waals surface area contributed by atoms with Crippen molar-refractivity contribution in [2.24, 2.45) is 13.0 Å². The molecule has 33 heavy (non-hydrogen) atoms. The number of hydrogen-bond acceptors (Lipinski definition) is 5. The molecule has 0 spiro atoms. The number of sulfonamides is 1. The van der Waals surface area contributed by atoms with Crippen LogP contribution in [0.15, 0.2) is 60.0 Å². The molecule has 0 saturated carbocycles. The van der Waals surface area contributed by atoms with E-state index < -0.39 is 16.1 Å². The number of benzene rings is 2. The monoisotopic (exact) mass is 466 g/mol. The molecule has 0 unspecified atom stereocenters. The quantitative estimate of drug-likeness (QED) is 0.580. The summed E-state index contributed by atoms with van der Waals surface area (Å²) in [5.41, 5.74) is 3.02. The molecule has 0 bridgehead atoms. The fraction of sp³-hybridized carbons (Fsp3) is 0.292. The first-order valence-electron chi connectivity index (χ1n) is 10.7. The van der Waals surface area contributed by atoms with E-state index in [0.717, 1.165) is 16.8 Å². The van der Waals surface area contributed by atoms with Crippen LogP contribution in [0.1, 0.15) is 29.2 Å². The topological polar surface area (TPSA) is 87.5 Å². The molecule has 0 radical (unpaired) electrons. The van der Waals surface area contributed by atoms with Crippen LogP contribution in [0.2, 0.25) is 0 Å². The summed E-state index contributed by atoms with van der Waals surface area (Å²) in [5, 5.41) is 13.3. The smallest absolute Gasteiger partial charge is 0.262 e. The lowest BCUT2D eigenvalue weighted by molar-refractivity contribution is 0.210. The number of aryl methyl sites for hydroxylation is 1. The van der Waals surface area contributed by atoms with E-state index in [1.807, 2.05) is 18.2 Å². The fourth-order valence-corrected chi connectivity index (χ4v) is 6.32. The molecule has 0 amide bonds. The van der Waals surface area contributed by atoms with Gasteiger partial charge in [0.15, 0.2) is 5.03 Å². The van der Waals surface area contributed by atoms with Gasteiger partial charge in [-0.1, -0.05) is 11.8 Å². The van der Waals surface area contributed by atoms with Crippen molar-refractivity contribution in [2.75, 3.05) is 18.5 Å². The van der Waals surface area contributed by atoms with Crippen LogP contribution in [0, 0.1) is 23.6 Å². The first kappa shape index (κ1) is 21.6. The molecule has 7 nitrogen and oxygen atoms in total. The molecule has 2 aromatic carbocycles. The van der Waals surface area contributed by atoms with Crippen molar-refractivity contribution in [1.82, 2.24) is 13.9 Å². The molecule has 5 rings (SSSR count). The first-order valence-corrected chi connectivity index (χ1v) is 12.1. The second-order valence-corrected chi connectivity index (χ2v) is 10.2. The molecule has 1 fully saturated rings. The molecule has 3 aromatic rings. The minimum absolute atomic E-state index is 0.0125. The number of nitrogens with one attached hydrogen (secondary N) is 1. The molecule has 2 aliphatic heterocycles. The maximum atomic E-state index is 13.4. The van der Waals surface area contributed by atoms with Crippen LogP contribution in [0.5, 0.6) is 0 Å². The zero-order valence-corrected chi connectivity index (χ0v) is 18.8. The van der Waals surface area contributed by atoms with Crippen molar-refractivity contribution < 1.29 is 17.9 Å². The van der Waals surface area contributed by atoms with E-state index in [-0.39, 0.29) is 29.4 Å². The number of nitrogens with zero attached hydrogens (tertiary/aromatic N) is 3. The van der Waals surface area contributed by atoms with Crippen molar-refractivity contribution in [3.8, 4) is 11.8 Å². The number of imidazole rings is 1. The third-order valence-electron chi connectivity index (χ3n) is 6.27. The lowest BCUT2D eigenvalue weighted by Gasteiger charge is -2.38. The van der Waals surface area contributed by atoms with Crippen LogP contribution in [0.25, 0.3) is 0 Å². The zero-order chi connectivity index (χ0) is 23.2. The number of rotatable bonds is 3. The number of fused-ring (bicyclic) bond motifs is 3. The summed E-state index contributed by atoms with van der Waals surface area (Å²) >= 11 is 0. The number of aliphatic hydroxyl groups excluding tert-OH is 1. The Bertz CT molecular complexity index is 1360. The van der Waals surface area contributed by atoms with Gasteiger partial charge in [-0.2, -0.15) is 4.31 Å². The predicted molar refractivity (Wildman–Crippen MR) is 121 cm³/mol. The van der Waals surface area contributed by atoms with Gasteiger partial charge in [-0.15, -0.1) is 0 Å². The highest BCUT2D eigenvalue weighted by atomic mass is 32.2. The SMILES string of the molecule is Cn1cnc(S(=O)(=O)N2CC[C@@H]3[C@@H](CO)Nc4ccc(C#Cc5ccc(F)cc5)cc4[C@@H]32)c1. The van der Waals surface area contributed by atoms with Gasteiger partial charge in [0.05, 0.1) is 25.0 Å². The van der Waals surface area contributed by atoms with E-state index in [1.54, 1.807) is 23.7 Å². The highest BCUT2D eigenvalue weighted by Gasteiger charge is 2.49. The Morgan fingerprint density at radius 3 is 2.61 bits per heavy atom. The Hall–Kier alpha value is -3.19. The van der Waals surface area contributed by atoms with Gasteiger partial charge in [0.25, 0.3) is 10.0 Å². The molecule has 0 aliphatic carbocycles. The van der Waals surface area contributed by atoms with Gasteiger partial charge in [-0.25, -0.2) is 17.8 Å². The number of hydrogen-bond donors (Lipinski definition) is 2. The molecule has 170 valence electrons. The highest BCUT2D eigenvalue weighted by molar-refractivity contribution is 7.89. The molecule has 3 atom stereocenters. The summed E-state index contributed by atoms with van der Waals surface area (Å²) < 4.78 is 43.1. The minimum Gasteiger partial charge on any atom is -0.394 e. The summed E-state index contributed by atoms with van der Waals surface area (Å²) in [4.78, 5) is 4.07. The van der Waals surface area contributed by atoms with Gasteiger partial charge in [0.2, 0.25) is 0 Å². The van der Waals surface area contributed by atoms with Crippen LogP contribution in [0.4, 0.5) is 10.1 Å². The van der Waals surface area contributed by atoms with Crippen molar-refractivity contribution >= 4 is 15.7 Å². The first-order chi connectivity index (χ1) is 15.9. The summed E-state index contributed by atoms with van der Waals surface area (Å²) in [6, 6.07) is 10.9. The van der Waals surface area contributed by atoms with Crippen LogP contribution in [-0.4, -0.2) is 46.6 Å². The number of aliphatic hydroxyl groups is 1. The molecule has 1 saturated heterocycles. The lowest BCUT2D eigenvalue weighted by Crippen LogP contribution is -2.42. The lowest BCUT2D eigenvalue weighted by atomic mass is 9.83. The average Bonchev–Trinajstić information content (AvgIpc) is 3.46.